The minimum atomic E-state index is -0.385. The van der Waals surface area contributed by atoms with Gasteiger partial charge in [-0.05, 0) is 38.0 Å². The summed E-state index contributed by atoms with van der Waals surface area (Å²) in [5.41, 5.74) is 0.681. The van der Waals surface area contributed by atoms with Crippen molar-refractivity contribution in [3.63, 3.8) is 0 Å². The molecule has 0 unspecified atom stereocenters. The number of aromatic nitrogens is 3. The monoisotopic (exact) mass is 290 g/mol. The van der Waals surface area contributed by atoms with Crippen LogP contribution in [-0.2, 0) is 6.54 Å². The van der Waals surface area contributed by atoms with E-state index in [1.165, 1.54) is 18.5 Å². The summed E-state index contributed by atoms with van der Waals surface area (Å²) in [5, 5.41) is 6.97. The number of carbonyl (C=O) groups is 1. The zero-order valence-corrected chi connectivity index (χ0v) is 12.4. The average Bonchev–Trinajstić information content (AvgIpc) is 2.90. The lowest BCUT2D eigenvalue weighted by molar-refractivity contribution is 0.0936. The first kappa shape index (κ1) is 15.2. The van der Waals surface area contributed by atoms with E-state index in [-0.39, 0.29) is 17.8 Å². The van der Waals surface area contributed by atoms with Crippen molar-refractivity contribution in [2.75, 3.05) is 0 Å². The second-order valence-corrected chi connectivity index (χ2v) is 4.95. The molecule has 6 heteroatoms. The molecule has 112 valence electrons. The Labute approximate surface area is 123 Å². The number of hydrogen-bond donors (Lipinski definition) is 1. The van der Waals surface area contributed by atoms with Gasteiger partial charge in [0.1, 0.15) is 18.0 Å². The molecule has 1 amide bonds. The first-order valence-corrected chi connectivity index (χ1v) is 6.98. The Morgan fingerprint density at radius 3 is 2.95 bits per heavy atom. The fraction of sp³-hybridized carbons (Fsp3) is 0.400. The summed E-state index contributed by atoms with van der Waals surface area (Å²) in [6, 6.07) is 4.18. The Bertz CT molecular complexity index is 638. The average molecular weight is 290 g/mol. The normalized spacial score (nSPS) is 12.2. The van der Waals surface area contributed by atoms with Crippen molar-refractivity contribution < 1.29 is 9.18 Å². The molecule has 2 aromatic rings. The van der Waals surface area contributed by atoms with Crippen LogP contribution < -0.4 is 5.32 Å². The van der Waals surface area contributed by atoms with Crippen LogP contribution in [0.15, 0.2) is 24.5 Å². The van der Waals surface area contributed by atoms with E-state index in [1.807, 2.05) is 13.8 Å². The molecule has 0 fully saturated rings. The molecular weight excluding hydrogens is 271 g/mol. The second kappa shape index (κ2) is 6.47. The smallest absolute Gasteiger partial charge is 0.252 e. The zero-order valence-electron chi connectivity index (χ0n) is 12.4. The molecule has 0 radical (unpaired) electrons. The van der Waals surface area contributed by atoms with Crippen molar-refractivity contribution in [3.05, 3.63) is 47.3 Å². The molecular formula is C15H19FN4O. The highest BCUT2D eigenvalue weighted by molar-refractivity contribution is 5.95. The van der Waals surface area contributed by atoms with Gasteiger partial charge in [-0.3, -0.25) is 4.79 Å². The molecule has 1 aromatic heterocycles. The molecule has 21 heavy (non-hydrogen) atoms. The van der Waals surface area contributed by atoms with Crippen molar-refractivity contribution >= 4 is 5.91 Å². The van der Waals surface area contributed by atoms with Crippen LogP contribution in [0.25, 0.3) is 0 Å². The molecule has 0 aliphatic heterocycles. The molecule has 0 saturated carbocycles. The van der Waals surface area contributed by atoms with Gasteiger partial charge in [0, 0.05) is 12.1 Å². The first-order valence-electron chi connectivity index (χ1n) is 6.98. The number of nitrogens with one attached hydrogen (secondary N) is 1. The minimum Gasteiger partial charge on any atom is -0.342 e. The first-order chi connectivity index (χ1) is 10.0. The SMILES string of the molecule is CCCn1ncnc1[C@H](C)NC(=O)c1cccc(F)c1C. The lowest BCUT2D eigenvalue weighted by Gasteiger charge is -2.15. The molecule has 1 atom stereocenters. The number of hydrogen-bond acceptors (Lipinski definition) is 3. The summed E-state index contributed by atoms with van der Waals surface area (Å²) < 4.78 is 15.3. The van der Waals surface area contributed by atoms with Gasteiger partial charge in [-0.2, -0.15) is 5.10 Å². The molecule has 1 aromatic carbocycles. The van der Waals surface area contributed by atoms with Crippen LogP contribution >= 0.6 is 0 Å². The number of rotatable bonds is 5. The molecule has 5 nitrogen and oxygen atoms in total. The Hall–Kier alpha value is -2.24. The van der Waals surface area contributed by atoms with Gasteiger partial charge in [-0.15, -0.1) is 0 Å². The second-order valence-electron chi connectivity index (χ2n) is 4.95. The van der Waals surface area contributed by atoms with Crippen molar-refractivity contribution in [1.29, 1.82) is 0 Å². The summed E-state index contributed by atoms with van der Waals surface area (Å²) in [4.78, 5) is 16.4. The number of amides is 1. The third-order valence-corrected chi connectivity index (χ3v) is 3.33. The standard InChI is InChI=1S/C15H19FN4O/c1-4-8-20-14(17-9-18-20)11(3)19-15(21)12-6-5-7-13(16)10(12)2/h5-7,9,11H,4,8H2,1-3H3,(H,19,21)/t11-/m0/s1. The molecule has 0 saturated heterocycles. The van der Waals surface area contributed by atoms with Crippen molar-refractivity contribution in [2.45, 2.75) is 39.8 Å². The van der Waals surface area contributed by atoms with Gasteiger partial charge < -0.3 is 5.32 Å². The maximum absolute atomic E-state index is 13.5. The molecule has 2 rings (SSSR count). The van der Waals surface area contributed by atoms with E-state index in [2.05, 4.69) is 15.4 Å². The highest BCUT2D eigenvalue weighted by Gasteiger charge is 2.18. The van der Waals surface area contributed by atoms with Crippen LogP contribution in [0.1, 0.15) is 48.1 Å². The van der Waals surface area contributed by atoms with Gasteiger partial charge in [0.05, 0.1) is 6.04 Å². The van der Waals surface area contributed by atoms with E-state index in [0.29, 0.717) is 17.0 Å². The van der Waals surface area contributed by atoms with Crippen LogP contribution in [0.4, 0.5) is 4.39 Å². The number of aryl methyl sites for hydroxylation is 1. The lowest BCUT2D eigenvalue weighted by Crippen LogP contribution is -2.29. The third kappa shape index (κ3) is 3.26. The quantitative estimate of drug-likeness (QED) is 0.921. The van der Waals surface area contributed by atoms with E-state index in [1.54, 1.807) is 17.7 Å². The van der Waals surface area contributed by atoms with Crippen molar-refractivity contribution in [1.82, 2.24) is 20.1 Å². The van der Waals surface area contributed by atoms with Crippen molar-refractivity contribution in [2.24, 2.45) is 0 Å². The third-order valence-electron chi connectivity index (χ3n) is 3.33. The Morgan fingerprint density at radius 2 is 2.24 bits per heavy atom. The zero-order chi connectivity index (χ0) is 15.4. The Kier molecular flexibility index (Phi) is 4.67. The molecule has 1 N–H and O–H groups in total. The van der Waals surface area contributed by atoms with Gasteiger partial charge >= 0.3 is 0 Å². The summed E-state index contributed by atoms with van der Waals surface area (Å²) in [6.07, 6.45) is 2.40. The molecule has 1 heterocycles. The summed E-state index contributed by atoms with van der Waals surface area (Å²) in [5.74, 6) is -0.00532. The lowest BCUT2D eigenvalue weighted by atomic mass is 10.1. The maximum Gasteiger partial charge on any atom is 0.252 e. The van der Waals surface area contributed by atoms with Crippen LogP contribution in [0.3, 0.4) is 0 Å². The number of halogens is 1. The summed E-state index contributed by atoms with van der Waals surface area (Å²) in [6.45, 7) is 6.22. The van der Waals surface area contributed by atoms with Gasteiger partial charge in [0.15, 0.2) is 0 Å². The Balaban J connectivity index is 2.15. The fourth-order valence-corrected chi connectivity index (χ4v) is 2.18. The van der Waals surface area contributed by atoms with Gasteiger partial charge in [0.25, 0.3) is 5.91 Å². The topological polar surface area (TPSA) is 59.8 Å². The predicted molar refractivity (Wildman–Crippen MR) is 77.3 cm³/mol. The maximum atomic E-state index is 13.5. The number of nitrogens with zero attached hydrogens (tertiary/aromatic N) is 3. The van der Waals surface area contributed by atoms with E-state index < -0.39 is 0 Å². The molecule has 0 aliphatic carbocycles. The van der Waals surface area contributed by atoms with Crippen LogP contribution in [0.5, 0.6) is 0 Å². The highest BCUT2D eigenvalue weighted by Crippen LogP contribution is 2.15. The minimum absolute atomic E-state index is 0.297. The van der Waals surface area contributed by atoms with Crippen molar-refractivity contribution in [3.8, 4) is 0 Å². The van der Waals surface area contributed by atoms with E-state index in [9.17, 15) is 9.18 Å². The molecule has 0 aliphatic rings. The fourth-order valence-electron chi connectivity index (χ4n) is 2.18. The number of carbonyl (C=O) groups excluding carboxylic acids is 1. The van der Waals surface area contributed by atoms with E-state index in [0.717, 1.165) is 13.0 Å². The van der Waals surface area contributed by atoms with E-state index >= 15 is 0 Å². The van der Waals surface area contributed by atoms with Gasteiger partial charge in [0.2, 0.25) is 0 Å². The van der Waals surface area contributed by atoms with E-state index in [4.69, 9.17) is 0 Å². The summed E-state index contributed by atoms with van der Waals surface area (Å²) >= 11 is 0. The Morgan fingerprint density at radius 1 is 1.48 bits per heavy atom. The summed E-state index contributed by atoms with van der Waals surface area (Å²) in [7, 11) is 0. The highest BCUT2D eigenvalue weighted by atomic mass is 19.1. The van der Waals surface area contributed by atoms with Gasteiger partial charge in [-0.1, -0.05) is 13.0 Å². The predicted octanol–water partition coefficient (Wildman–Crippen LogP) is 2.63. The largest absolute Gasteiger partial charge is 0.342 e. The van der Waals surface area contributed by atoms with Crippen LogP contribution in [0, 0.1) is 12.7 Å². The van der Waals surface area contributed by atoms with Gasteiger partial charge in [-0.25, -0.2) is 14.1 Å². The molecule has 0 bridgehead atoms. The van der Waals surface area contributed by atoms with Crippen LogP contribution in [-0.4, -0.2) is 20.7 Å². The number of benzene rings is 1. The molecule has 0 spiro atoms. The van der Waals surface area contributed by atoms with Crippen LogP contribution in [0.2, 0.25) is 0 Å².